The topological polar surface area (TPSA) is 227 Å². The lowest BCUT2D eigenvalue weighted by molar-refractivity contribution is -0.162. The van der Waals surface area contributed by atoms with Crippen LogP contribution < -0.4 is 44.4 Å². The van der Waals surface area contributed by atoms with Crippen molar-refractivity contribution in [1.82, 2.24) is 20.4 Å². The molecule has 7 rings (SSSR count). The standard InChI is InChI=1S/C56H67N5O14/c1-7-40(37-28-48(71-4)51(73-6)49(29-37)72-5)53(65)60-25-11-8-12-43(60)56(68)75-45(21-13-34-14-22-46(69-2)47(27-34)70-3)36-15-18-39(19-16-36)74-33-50(63)58-24-10-9-23-57-38-17-20-41-42(30-38)55(67)61(54(41)66)44-26-35(32-62)31-59-52(44)64/h14-20,22,27-30,32,35,40,43-45,57H,7-13,21,23-26,31,33H2,1-6H3,(H,58,63)(H,59,64)/t35?,40-,43-,44?,45+/m0/s1. The average molecular weight is 1030 g/mol. The molecule has 75 heavy (non-hydrogen) atoms. The third-order valence-corrected chi connectivity index (χ3v) is 13.9. The second-order valence-corrected chi connectivity index (χ2v) is 18.6. The summed E-state index contributed by atoms with van der Waals surface area (Å²) in [4.78, 5) is 94.6. The van der Waals surface area contributed by atoms with Crippen molar-refractivity contribution < 1.29 is 66.7 Å². The average Bonchev–Trinajstić information content (AvgIpc) is 3.69. The Kier molecular flexibility index (Phi) is 19.0. The number of imide groups is 1. The van der Waals surface area contributed by atoms with Gasteiger partial charge in [-0.3, -0.25) is 28.9 Å². The number of amides is 5. The lowest BCUT2D eigenvalue weighted by Gasteiger charge is -2.37. The highest BCUT2D eigenvalue weighted by molar-refractivity contribution is 6.23. The number of piperidine rings is 2. The van der Waals surface area contributed by atoms with Crippen molar-refractivity contribution in [2.24, 2.45) is 5.92 Å². The molecule has 0 aliphatic carbocycles. The fourth-order valence-corrected chi connectivity index (χ4v) is 9.84. The van der Waals surface area contributed by atoms with E-state index in [2.05, 4.69) is 16.0 Å². The number of anilines is 1. The molecule has 0 radical (unpaired) electrons. The highest BCUT2D eigenvalue weighted by atomic mass is 16.5. The van der Waals surface area contributed by atoms with E-state index in [4.69, 9.17) is 33.2 Å². The Bertz CT molecular complexity index is 2690. The molecule has 3 aliphatic heterocycles. The van der Waals surface area contributed by atoms with Gasteiger partial charge in [0.2, 0.25) is 17.6 Å². The lowest BCUT2D eigenvalue weighted by Crippen LogP contribution is -2.55. The maximum Gasteiger partial charge on any atom is 0.329 e. The second kappa shape index (κ2) is 25.9. The van der Waals surface area contributed by atoms with Crippen molar-refractivity contribution in [3.05, 3.63) is 101 Å². The number of nitrogens with one attached hydrogen (secondary N) is 3. The molecule has 0 bridgehead atoms. The summed E-state index contributed by atoms with van der Waals surface area (Å²) in [5.41, 5.74) is 3.34. The molecule has 4 aromatic carbocycles. The number of carbonyl (C=O) groups is 7. The van der Waals surface area contributed by atoms with Crippen molar-refractivity contribution in [3.8, 4) is 34.5 Å². The fraction of sp³-hybridized carbons (Fsp3) is 0.446. The van der Waals surface area contributed by atoms with Gasteiger partial charge in [-0.2, -0.15) is 0 Å². The van der Waals surface area contributed by atoms with E-state index in [0.717, 1.165) is 29.6 Å². The molecule has 19 heteroatoms. The molecule has 2 unspecified atom stereocenters. The Labute approximate surface area is 436 Å². The zero-order chi connectivity index (χ0) is 53.6. The molecule has 4 aromatic rings. The van der Waals surface area contributed by atoms with E-state index in [9.17, 15) is 33.6 Å². The molecule has 0 saturated carbocycles. The van der Waals surface area contributed by atoms with Crippen LogP contribution in [0.5, 0.6) is 34.5 Å². The van der Waals surface area contributed by atoms with Gasteiger partial charge in [-0.15, -0.1) is 0 Å². The summed E-state index contributed by atoms with van der Waals surface area (Å²) in [6.07, 6.45) is 4.74. The lowest BCUT2D eigenvalue weighted by atomic mass is 9.91. The first kappa shape index (κ1) is 54.9. The van der Waals surface area contributed by atoms with E-state index in [1.165, 1.54) is 21.3 Å². The van der Waals surface area contributed by atoms with Crippen molar-refractivity contribution in [1.29, 1.82) is 0 Å². The van der Waals surface area contributed by atoms with Crippen LogP contribution in [-0.2, 0) is 35.1 Å². The number of benzene rings is 4. The quantitative estimate of drug-likeness (QED) is 0.0290. The predicted molar refractivity (Wildman–Crippen MR) is 276 cm³/mol. The van der Waals surface area contributed by atoms with Crippen LogP contribution in [0.15, 0.2) is 72.8 Å². The van der Waals surface area contributed by atoms with Gasteiger partial charge < -0.3 is 58.8 Å². The fourth-order valence-electron chi connectivity index (χ4n) is 9.84. The second-order valence-electron chi connectivity index (χ2n) is 18.6. The van der Waals surface area contributed by atoms with E-state index in [-0.39, 0.29) is 42.5 Å². The highest BCUT2D eigenvalue weighted by Gasteiger charge is 2.45. The number of ether oxygens (including phenoxy) is 7. The van der Waals surface area contributed by atoms with E-state index >= 15 is 0 Å². The Morgan fingerprint density at radius 1 is 0.773 bits per heavy atom. The van der Waals surface area contributed by atoms with Crippen LogP contribution >= 0.6 is 0 Å². The maximum atomic E-state index is 14.5. The van der Waals surface area contributed by atoms with Gasteiger partial charge in [0.1, 0.15) is 30.2 Å². The molecular weight excluding hydrogens is 967 g/mol. The van der Waals surface area contributed by atoms with Crippen molar-refractivity contribution in [2.75, 3.05) is 73.7 Å². The predicted octanol–water partition coefficient (Wildman–Crippen LogP) is 6.21. The van der Waals surface area contributed by atoms with Gasteiger partial charge in [-0.1, -0.05) is 25.1 Å². The minimum absolute atomic E-state index is 0.0852. The number of methoxy groups -OCH3 is 5. The number of aldehydes is 1. The number of carbonyl (C=O) groups excluding carboxylic acids is 7. The highest BCUT2D eigenvalue weighted by Crippen LogP contribution is 2.42. The molecule has 3 heterocycles. The Hall–Kier alpha value is -7.83. The van der Waals surface area contributed by atoms with E-state index in [1.54, 1.807) is 73.7 Å². The number of hydrogen-bond donors (Lipinski definition) is 3. The minimum atomic E-state index is -1.05. The van der Waals surface area contributed by atoms with Gasteiger partial charge >= 0.3 is 5.97 Å². The number of aryl methyl sites for hydroxylation is 1. The zero-order valence-electron chi connectivity index (χ0n) is 43.4. The summed E-state index contributed by atoms with van der Waals surface area (Å²) in [7, 11) is 7.71. The number of esters is 1. The minimum Gasteiger partial charge on any atom is -0.493 e. The van der Waals surface area contributed by atoms with Gasteiger partial charge in [0.15, 0.2) is 29.6 Å². The first-order valence-electron chi connectivity index (χ1n) is 25.4. The number of fused-ring (bicyclic) bond motifs is 1. The molecule has 5 amide bonds. The molecule has 2 saturated heterocycles. The summed E-state index contributed by atoms with van der Waals surface area (Å²) in [5, 5.41) is 8.72. The summed E-state index contributed by atoms with van der Waals surface area (Å²) < 4.78 is 39.9. The molecule has 19 nitrogen and oxygen atoms in total. The van der Waals surface area contributed by atoms with Crippen LogP contribution in [0.2, 0.25) is 0 Å². The Balaban J connectivity index is 0.931. The number of unbranched alkanes of at least 4 members (excludes halogenated alkanes) is 1. The van der Waals surface area contributed by atoms with Crippen LogP contribution in [0, 0.1) is 5.92 Å². The third kappa shape index (κ3) is 12.9. The molecular formula is C56H67N5O14. The van der Waals surface area contributed by atoms with E-state index in [1.807, 2.05) is 25.1 Å². The largest absolute Gasteiger partial charge is 0.493 e. The van der Waals surface area contributed by atoms with Gasteiger partial charge in [0.05, 0.1) is 52.6 Å². The summed E-state index contributed by atoms with van der Waals surface area (Å²) >= 11 is 0. The first-order chi connectivity index (χ1) is 36.4. The van der Waals surface area contributed by atoms with Gasteiger partial charge in [-0.25, -0.2) is 4.79 Å². The Morgan fingerprint density at radius 2 is 1.48 bits per heavy atom. The van der Waals surface area contributed by atoms with Crippen molar-refractivity contribution >= 4 is 47.5 Å². The molecule has 3 N–H and O–H groups in total. The first-order valence-corrected chi connectivity index (χ1v) is 25.4. The number of hydrogen-bond acceptors (Lipinski definition) is 15. The maximum absolute atomic E-state index is 14.5. The summed E-state index contributed by atoms with van der Waals surface area (Å²) in [6.45, 7) is 3.18. The van der Waals surface area contributed by atoms with Gasteiger partial charge in [0.25, 0.3) is 17.7 Å². The third-order valence-electron chi connectivity index (χ3n) is 13.9. The zero-order valence-corrected chi connectivity index (χ0v) is 43.4. The van der Waals surface area contributed by atoms with E-state index in [0.29, 0.717) is 109 Å². The smallest absolute Gasteiger partial charge is 0.329 e. The van der Waals surface area contributed by atoms with Crippen LogP contribution in [0.3, 0.4) is 0 Å². The van der Waals surface area contributed by atoms with Crippen molar-refractivity contribution in [2.45, 2.75) is 88.8 Å². The number of likely N-dealkylation sites (tertiary alicyclic amines) is 1. The number of rotatable bonds is 25. The van der Waals surface area contributed by atoms with Crippen molar-refractivity contribution in [3.63, 3.8) is 0 Å². The van der Waals surface area contributed by atoms with Crippen LogP contribution in [0.1, 0.15) is 108 Å². The van der Waals surface area contributed by atoms with Crippen LogP contribution in [-0.4, -0.2) is 132 Å². The van der Waals surface area contributed by atoms with Crippen LogP contribution in [0.25, 0.3) is 0 Å². The molecule has 2 fully saturated rings. The normalized spacial score (nSPS) is 17.9. The SMILES string of the molecule is CC[C@H](C(=O)N1CCCC[C@H]1C(=O)O[C@H](CCc1ccc(OC)c(OC)c1)c1ccc(OCC(=O)NCCCCNc2ccc3c(c2)C(=O)N(C2CC(C=O)CNC2=O)C3=O)cc1)c1cc(OC)c(OC)c(OC)c1. The Morgan fingerprint density at radius 3 is 2.16 bits per heavy atom. The summed E-state index contributed by atoms with van der Waals surface area (Å²) in [5.74, 6) is -0.799. The molecule has 0 spiro atoms. The molecule has 400 valence electrons. The summed E-state index contributed by atoms with van der Waals surface area (Å²) in [6, 6.07) is 19.2. The molecule has 3 aliphatic rings. The van der Waals surface area contributed by atoms with Crippen LogP contribution in [0.4, 0.5) is 5.69 Å². The molecule has 5 atom stereocenters. The molecule has 0 aromatic heterocycles. The monoisotopic (exact) mass is 1030 g/mol. The van der Waals surface area contributed by atoms with E-state index < -0.39 is 53.7 Å². The number of nitrogens with zero attached hydrogens (tertiary/aromatic N) is 2. The van der Waals surface area contributed by atoms with Gasteiger partial charge in [-0.05, 0) is 129 Å². The van der Waals surface area contributed by atoms with Gasteiger partial charge in [0, 0.05) is 37.8 Å².